The van der Waals surface area contributed by atoms with E-state index < -0.39 is 0 Å². The number of nitrogens with two attached hydrogens (primary N) is 1. The fraction of sp³-hybridized carbons (Fsp3) is 0.571. The highest BCUT2D eigenvalue weighted by Gasteiger charge is 2.58. The molecule has 2 aliphatic rings. The molecule has 0 atom stereocenters. The predicted molar refractivity (Wildman–Crippen MR) is 64.3 cm³/mol. The van der Waals surface area contributed by atoms with Crippen molar-refractivity contribution in [2.75, 3.05) is 19.8 Å². The van der Waals surface area contributed by atoms with Gasteiger partial charge in [0.25, 0.3) is 0 Å². The molecule has 86 valence electrons. The van der Waals surface area contributed by atoms with Gasteiger partial charge < -0.3 is 10.5 Å². The Hall–Kier alpha value is -0.860. The Labute approximate surface area is 96.8 Å². The molecule has 3 rings (SSSR count). The summed E-state index contributed by atoms with van der Waals surface area (Å²) in [5.74, 6) is 0. The molecule has 1 saturated heterocycles. The maximum atomic E-state index is 6.05. The van der Waals surface area contributed by atoms with Crippen molar-refractivity contribution in [1.29, 1.82) is 0 Å². The van der Waals surface area contributed by atoms with Gasteiger partial charge in [-0.2, -0.15) is 0 Å². The SMILES string of the molecule is NCC1(C2(c3ccccc3)COC2)CCC1. The van der Waals surface area contributed by atoms with Crippen molar-refractivity contribution in [3.05, 3.63) is 35.9 Å². The molecule has 16 heavy (non-hydrogen) atoms. The average molecular weight is 217 g/mol. The zero-order valence-corrected chi connectivity index (χ0v) is 9.61. The van der Waals surface area contributed by atoms with Crippen LogP contribution in [0.25, 0.3) is 0 Å². The zero-order valence-electron chi connectivity index (χ0n) is 9.61. The van der Waals surface area contributed by atoms with Gasteiger partial charge in [0.1, 0.15) is 0 Å². The molecule has 0 amide bonds. The molecule has 2 heteroatoms. The van der Waals surface area contributed by atoms with E-state index in [1.54, 1.807) is 0 Å². The Morgan fingerprint density at radius 2 is 1.81 bits per heavy atom. The summed E-state index contributed by atoms with van der Waals surface area (Å²) in [6.07, 6.45) is 3.86. The molecule has 1 aliphatic heterocycles. The van der Waals surface area contributed by atoms with E-state index in [2.05, 4.69) is 30.3 Å². The van der Waals surface area contributed by atoms with Crippen LogP contribution in [0.1, 0.15) is 24.8 Å². The molecule has 0 spiro atoms. The lowest BCUT2D eigenvalue weighted by molar-refractivity contribution is -0.153. The highest BCUT2D eigenvalue weighted by molar-refractivity contribution is 5.33. The summed E-state index contributed by atoms with van der Waals surface area (Å²) in [7, 11) is 0. The van der Waals surface area contributed by atoms with Crippen molar-refractivity contribution in [1.82, 2.24) is 0 Å². The van der Waals surface area contributed by atoms with Crippen LogP contribution in [0.2, 0.25) is 0 Å². The van der Waals surface area contributed by atoms with Crippen molar-refractivity contribution >= 4 is 0 Å². The van der Waals surface area contributed by atoms with Gasteiger partial charge in [-0.15, -0.1) is 0 Å². The topological polar surface area (TPSA) is 35.2 Å². The summed E-state index contributed by atoms with van der Waals surface area (Å²) in [6.45, 7) is 2.51. The van der Waals surface area contributed by atoms with Gasteiger partial charge in [-0.1, -0.05) is 36.8 Å². The third-order valence-electron chi connectivity index (χ3n) is 4.74. The summed E-state index contributed by atoms with van der Waals surface area (Å²) in [6, 6.07) is 10.8. The molecule has 2 nitrogen and oxygen atoms in total. The molecule has 2 N–H and O–H groups in total. The highest BCUT2D eigenvalue weighted by Crippen LogP contribution is 2.57. The van der Waals surface area contributed by atoms with Crippen LogP contribution >= 0.6 is 0 Å². The standard InChI is InChI=1S/C14H19NO/c15-9-13(7-4-8-13)14(10-16-11-14)12-5-2-1-3-6-12/h1-3,5-6H,4,7-11,15H2. The largest absolute Gasteiger partial charge is 0.379 e. The Morgan fingerprint density at radius 3 is 2.19 bits per heavy atom. The van der Waals surface area contributed by atoms with E-state index in [1.807, 2.05) is 0 Å². The Morgan fingerprint density at radius 1 is 1.12 bits per heavy atom. The molecule has 0 radical (unpaired) electrons. The quantitative estimate of drug-likeness (QED) is 0.841. The third-order valence-corrected chi connectivity index (χ3v) is 4.74. The van der Waals surface area contributed by atoms with Crippen molar-refractivity contribution in [2.45, 2.75) is 24.7 Å². The van der Waals surface area contributed by atoms with Crippen molar-refractivity contribution in [2.24, 2.45) is 11.1 Å². The van der Waals surface area contributed by atoms with Crippen LogP contribution in [0.15, 0.2) is 30.3 Å². The molecular weight excluding hydrogens is 198 g/mol. The Balaban J connectivity index is 2.00. The summed E-state index contributed by atoms with van der Waals surface area (Å²) in [4.78, 5) is 0. The minimum absolute atomic E-state index is 0.210. The first-order valence-electron chi connectivity index (χ1n) is 6.16. The molecule has 1 heterocycles. The first kappa shape index (κ1) is 10.3. The summed E-state index contributed by atoms with van der Waals surface area (Å²) >= 11 is 0. The minimum atomic E-state index is 0.210. The van der Waals surface area contributed by atoms with Crippen LogP contribution in [-0.2, 0) is 10.2 Å². The molecule has 1 aromatic carbocycles. The van der Waals surface area contributed by atoms with Crippen molar-refractivity contribution in [3.63, 3.8) is 0 Å². The van der Waals surface area contributed by atoms with Gasteiger partial charge in [-0.3, -0.25) is 0 Å². The van der Waals surface area contributed by atoms with Gasteiger partial charge in [-0.05, 0) is 30.4 Å². The first-order chi connectivity index (χ1) is 7.83. The van der Waals surface area contributed by atoms with Gasteiger partial charge in [0.15, 0.2) is 0 Å². The lowest BCUT2D eigenvalue weighted by atomic mass is 9.50. The molecule has 1 saturated carbocycles. The van der Waals surface area contributed by atoms with Crippen molar-refractivity contribution < 1.29 is 4.74 Å². The maximum absolute atomic E-state index is 6.05. The second kappa shape index (κ2) is 3.57. The fourth-order valence-corrected chi connectivity index (χ4v) is 3.32. The van der Waals surface area contributed by atoms with E-state index in [1.165, 1.54) is 24.8 Å². The lowest BCUT2D eigenvalue weighted by Gasteiger charge is -2.60. The second-order valence-corrected chi connectivity index (χ2v) is 5.28. The van der Waals surface area contributed by atoms with Gasteiger partial charge in [0.05, 0.1) is 13.2 Å². The monoisotopic (exact) mass is 217 g/mol. The van der Waals surface area contributed by atoms with E-state index >= 15 is 0 Å². The summed E-state index contributed by atoms with van der Waals surface area (Å²) in [5.41, 5.74) is 7.99. The molecular formula is C14H19NO. The first-order valence-corrected chi connectivity index (χ1v) is 6.16. The van der Waals surface area contributed by atoms with E-state index in [0.717, 1.165) is 19.8 Å². The van der Waals surface area contributed by atoms with E-state index in [-0.39, 0.29) is 5.41 Å². The molecule has 2 fully saturated rings. The second-order valence-electron chi connectivity index (χ2n) is 5.28. The average Bonchev–Trinajstić information content (AvgIpc) is 2.22. The minimum Gasteiger partial charge on any atom is -0.379 e. The molecule has 0 aromatic heterocycles. The number of hydrogen-bond donors (Lipinski definition) is 1. The normalized spacial score (nSPS) is 25.6. The smallest absolute Gasteiger partial charge is 0.0591 e. The van der Waals surface area contributed by atoms with Gasteiger partial charge in [0.2, 0.25) is 0 Å². The van der Waals surface area contributed by atoms with Crippen LogP contribution in [0.4, 0.5) is 0 Å². The highest BCUT2D eigenvalue weighted by atomic mass is 16.5. The maximum Gasteiger partial charge on any atom is 0.0591 e. The number of hydrogen-bond acceptors (Lipinski definition) is 2. The third kappa shape index (κ3) is 1.14. The zero-order chi connectivity index (χ0) is 11.1. The predicted octanol–water partition coefficient (Wildman–Crippen LogP) is 2.08. The van der Waals surface area contributed by atoms with Crippen LogP contribution in [-0.4, -0.2) is 19.8 Å². The van der Waals surface area contributed by atoms with E-state index in [4.69, 9.17) is 10.5 Å². The Kier molecular flexibility index (Phi) is 2.30. The molecule has 1 aliphatic carbocycles. The Bertz CT molecular complexity index is 360. The van der Waals surface area contributed by atoms with Crippen LogP contribution in [0.3, 0.4) is 0 Å². The van der Waals surface area contributed by atoms with Gasteiger partial charge >= 0.3 is 0 Å². The summed E-state index contributed by atoms with van der Waals surface area (Å²) < 4.78 is 5.52. The van der Waals surface area contributed by atoms with Gasteiger partial charge in [-0.25, -0.2) is 0 Å². The molecule has 0 bridgehead atoms. The molecule has 1 aromatic rings. The summed E-state index contributed by atoms with van der Waals surface area (Å²) in [5, 5.41) is 0. The van der Waals surface area contributed by atoms with E-state index in [9.17, 15) is 0 Å². The fourth-order valence-electron chi connectivity index (χ4n) is 3.32. The van der Waals surface area contributed by atoms with Crippen LogP contribution in [0, 0.1) is 5.41 Å². The van der Waals surface area contributed by atoms with Crippen LogP contribution < -0.4 is 5.73 Å². The molecule has 0 unspecified atom stereocenters. The van der Waals surface area contributed by atoms with Gasteiger partial charge in [0, 0.05) is 5.41 Å². The number of rotatable bonds is 3. The lowest BCUT2D eigenvalue weighted by Crippen LogP contribution is -2.64. The number of benzene rings is 1. The van der Waals surface area contributed by atoms with Crippen molar-refractivity contribution in [3.8, 4) is 0 Å². The van der Waals surface area contributed by atoms with Crippen LogP contribution in [0.5, 0.6) is 0 Å². The van der Waals surface area contributed by atoms with E-state index in [0.29, 0.717) is 5.41 Å². The number of ether oxygens (including phenoxy) is 1.